The van der Waals surface area contributed by atoms with Gasteiger partial charge in [-0.1, -0.05) is 12.1 Å². The molecule has 0 saturated carbocycles. The number of anilines is 1. The molecule has 0 spiro atoms. The fourth-order valence-corrected chi connectivity index (χ4v) is 2.03. The normalized spacial score (nSPS) is 15.8. The molecule has 1 saturated heterocycles. The second kappa shape index (κ2) is 4.97. The van der Waals surface area contributed by atoms with Gasteiger partial charge in [-0.15, -0.1) is 5.10 Å². The molecule has 100 valence electrons. The van der Waals surface area contributed by atoms with Crippen molar-refractivity contribution in [3.05, 3.63) is 29.6 Å². The average Bonchev–Trinajstić information content (AvgIpc) is 2.93. The van der Waals surface area contributed by atoms with Crippen LogP contribution >= 0.6 is 0 Å². The van der Waals surface area contributed by atoms with Crippen molar-refractivity contribution in [2.45, 2.75) is 6.92 Å². The van der Waals surface area contributed by atoms with Crippen LogP contribution in [0.3, 0.4) is 0 Å². The number of rotatable bonds is 2. The summed E-state index contributed by atoms with van der Waals surface area (Å²) in [5, 5.41) is 7.04. The number of aromatic nitrogens is 3. The number of hydrogen-bond acceptors (Lipinski definition) is 4. The number of benzene rings is 1. The zero-order chi connectivity index (χ0) is 13.2. The van der Waals surface area contributed by atoms with Gasteiger partial charge in [0.1, 0.15) is 5.82 Å². The summed E-state index contributed by atoms with van der Waals surface area (Å²) in [6.45, 7) is 4.66. The maximum Gasteiger partial charge on any atom is 0.245 e. The lowest BCUT2D eigenvalue weighted by Crippen LogP contribution is -2.36. The molecule has 0 amide bonds. The monoisotopic (exact) mass is 262 g/mol. The molecule has 0 radical (unpaired) electrons. The van der Waals surface area contributed by atoms with Crippen LogP contribution < -0.4 is 4.90 Å². The number of H-pyrrole nitrogens is 1. The molecule has 1 N–H and O–H groups in total. The van der Waals surface area contributed by atoms with Gasteiger partial charge < -0.3 is 9.64 Å². The molecule has 2 aromatic rings. The molecule has 2 heterocycles. The Balaban J connectivity index is 1.85. The van der Waals surface area contributed by atoms with Crippen molar-refractivity contribution in [1.82, 2.24) is 15.2 Å². The summed E-state index contributed by atoms with van der Waals surface area (Å²) < 4.78 is 18.8. The zero-order valence-corrected chi connectivity index (χ0v) is 10.7. The predicted octanol–water partition coefficient (Wildman–Crippen LogP) is 1.76. The first-order chi connectivity index (χ1) is 9.24. The molecule has 0 atom stereocenters. The summed E-state index contributed by atoms with van der Waals surface area (Å²) in [5.74, 6) is 0.987. The van der Waals surface area contributed by atoms with Crippen molar-refractivity contribution in [3.63, 3.8) is 0 Å². The highest BCUT2D eigenvalue weighted by Crippen LogP contribution is 2.20. The van der Waals surface area contributed by atoms with Gasteiger partial charge in [0.05, 0.1) is 13.2 Å². The van der Waals surface area contributed by atoms with E-state index in [4.69, 9.17) is 4.74 Å². The van der Waals surface area contributed by atoms with E-state index in [9.17, 15) is 4.39 Å². The molecule has 1 aliphatic heterocycles. The number of aryl methyl sites for hydroxylation is 1. The molecule has 3 rings (SSSR count). The number of halogens is 1. The molecule has 5 nitrogen and oxygen atoms in total. The molecule has 1 aromatic heterocycles. The van der Waals surface area contributed by atoms with Crippen LogP contribution in [0.5, 0.6) is 0 Å². The molecule has 19 heavy (non-hydrogen) atoms. The number of nitrogens with one attached hydrogen (secondary N) is 1. The smallest absolute Gasteiger partial charge is 0.245 e. The van der Waals surface area contributed by atoms with Crippen molar-refractivity contribution in [3.8, 4) is 11.4 Å². The summed E-state index contributed by atoms with van der Waals surface area (Å²) in [5.41, 5.74) is 1.33. The Labute approximate surface area is 110 Å². The van der Waals surface area contributed by atoms with E-state index in [0.717, 1.165) is 13.1 Å². The first kappa shape index (κ1) is 12.1. The van der Waals surface area contributed by atoms with Crippen molar-refractivity contribution < 1.29 is 9.13 Å². The summed E-state index contributed by atoms with van der Waals surface area (Å²) >= 11 is 0. The number of hydrogen-bond donors (Lipinski definition) is 1. The number of aromatic amines is 1. The lowest BCUT2D eigenvalue weighted by molar-refractivity contribution is 0.122. The van der Waals surface area contributed by atoms with E-state index >= 15 is 0 Å². The van der Waals surface area contributed by atoms with Gasteiger partial charge in [-0.25, -0.2) is 4.39 Å². The highest BCUT2D eigenvalue weighted by Gasteiger charge is 2.16. The van der Waals surface area contributed by atoms with Crippen LogP contribution in [0.2, 0.25) is 0 Å². The summed E-state index contributed by atoms with van der Waals surface area (Å²) in [6, 6.07) is 5.04. The highest BCUT2D eigenvalue weighted by molar-refractivity contribution is 5.57. The van der Waals surface area contributed by atoms with E-state index in [-0.39, 0.29) is 5.82 Å². The Bertz CT molecular complexity index is 578. The number of morpholine rings is 1. The standard InChI is InChI=1S/C13H15FN4O/c1-9-2-3-10(8-11(9)14)12-15-13(17-16-12)18-4-6-19-7-5-18/h2-3,8H,4-7H2,1H3,(H,15,16,17). The SMILES string of the molecule is Cc1ccc(-c2nc(N3CCOCC3)n[nH]2)cc1F. The van der Waals surface area contributed by atoms with Gasteiger partial charge in [0.25, 0.3) is 0 Å². The third-order valence-electron chi connectivity index (χ3n) is 3.21. The first-order valence-electron chi connectivity index (χ1n) is 6.25. The Morgan fingerprint density at radius 3 is 2.84 bits per heavy atom. The number of nitrogens with zero attached hydrogens (tertiary/aromatic N) is 3. The summed E-state index contributed by atoms with van der Waals surface area (Å²) in [4.78, 5) is 6.46. The molecular formula is C13H15FN4O. The van der Waals surface area contributed by atoms with Crippen molar-refractivity contribution >= 4 is 5.95 Å². The Hall–Kier alpha value is -1.95. The van der Waals surface area contributed by atoms with Gasteiger partial charge in [-0.2, -0.15) is 4.98 Å². The maximum absolute atomic E-state index is 13.5. The molecule has 1 fully saturated rings. The first-order valence-corrected chi connectivity index (χ1v) is 6.25. The van der Waals surface area contributed by atoms with E-state index < -0.39 is 0 Å². The lowest BCUT2D eigenvalue weighted by Gasteiger charge is -2.25. The fourth-order valence-electron chi connectivity index (χ4n) is 2.03. The van der Waals surface area contributed by atoms with Crippen molar-refractivity contribution in [1.29, 1.82) is 0 Å². The minimum absolute atomic E-state index is 0.234. The van der Waals surface area contributed by atoms with Gasteiger partial charge in [0.2, 0.25) is 5.95 Å². The number of ether oxygens (including phenoxy) is 1. The van der Waals surface area contributed by atoms with Gasteiger partial charge in [-0.05, 0) is 18.6 Å². The van der Waals surface area contributed by atoms with Crippen LogP contribution in [0.25, 0.3) is 11.4 Å². The second-order valence-electron chi connectivity index (χ2n) is 4.55. The van der Waals surface area contributed by atoms with E-state index in [2.05, 4.69) is 15.2 Å². The predicted molar refractivity (Wildman–Crippen MR) is 69.5 cm³/mol. The lowest BCUT2D eigenvalue weighted by atomic mass is 10.1. The minimum Gasteiger partial charge on any atom is -0.378 e. The van der Waals surface area contributed by atoms with E-state index in [1.54, 1.807) is 13.0 Å². The van der Waals surface area contributed by atoms with Gasteiger partial charge in [0.15, 0.2) is 5.82 Å². The molecule has 6 heteroatoms. The Kier molecular flexibility index (Phi) is 3.16. The largest absolute Gasteiger partial charge is 0.378 e. The maximum atomic E-state index is 13.5. The minimum atomic E-state index is -0.234. The van der Waals surface area contributed by atoms with Crippen LogP contribution in [0, 0.1) is 12.7 Å². The van der Waals surface area contributed by atoms with Crippen LogP contribution in [0.1, 0.15) is 5.56 Å². The third-order valence-corrected chi connectivity index (χ3v) is 3.21. The van der Waals surface area contributed by atoms with Crippen LogP contribution in [-0.4, -0.2) is 41.5 Å². The Morgan fingerprint density at radius 1 is 1.32 bits per heavy atom. The molecule has 0 unspecified atom stereocenters. The van der Waals surface area contributed by atoms with E-state index in [1.165, 1.54) is 6.07 Å². The van der Waals surface area contributed by atoms with Gasteiger partial charge >= 0.3 is 0 Å². The quantitative estimate of drug-likeness (QED) is 0.896. The summed E-state index contributed by atoms with van der Waals surface area (Å²) in [6.07, 6.45) is 0. The van der Waals surface area contributed by atoms with Crippen LogP contribution in [0.15, 0.2) is 18.2 Å². The average molecular weight is 262 g/mol. The third kappa shape index (κ3) is 2.44. The van der Waals surface area contributed by atoms with Crippen LogP contribution in [0.4, 0.5) is 10.3 Å². The van der Waals surface area contributed by atoms with E-state index in [0.29, 0.717) is 36.1 Å². The molecule has 1 aliphatic rings. The van der Waals surface area contributed by atoms with E-state index in [1.807, 2.05) is 11.0 Å². The topological polar surface area (TPSA) is 54.0 Å². The van der Waals surface area contributed by atoms with Crippen molar-refractivity contribution in [2.75, 3.05) is 31.2 Å². The molecular weight excluding hydrogens is 247 g/mol. The highest BCUT2D eigenvalue weighted by atomic mass is 19.1. The van der Waals surface area contributed by atoms with Crippen molar-refractivity contribution in [2.24, 2.45) is 0 Å². The van der Waals surface area contributed by atoms with Gasteiger partial charge in [-0.3, -0.25) is 5.10 Å². The van der Waals surface area contributed by atoms with Crippen LogP contribution in [-0.2, 0) is 4.74 Å². The molecule has 1 aromatic carbocycles. The summed E-state index contributed by atoms with van der Waals surface area (Å²) in [7, 11) is 0. The second-order valence-corrected chi connectivity index (χ2v) is 4.55. The Morgan fingerprint density at radius 2 is 2.11 bits per heavy atom. The zero-order valence-electron chi connectivity index (χ0n) is 10.7. The molecule has 0 bridgehead atoms. The molecule has 0 aliphatic carbocycles. The fraction of sp³-hybridized carbons (Fsp3) is 0.385. The van der Waals surface area contributed by atoms with Gasteiger partial charge in [0, 0.05) is 18.7 Å².